The van der Waals surface area contributed by atoms with Gasteiger partial charge in [-0.25, -0.2) is 4.68 Å². The minimum Gasteiger partial charge on any atom is -0.494 e. The Morgan fingerprint density at radius 3 is 2.62 bits per heavy atom. The van der Waals surface area contributed by atoms with E-state index in [-0.39, 0.29) is 11.1 Å². The fraction of sp³-hybridized carbons (Fsp3) is 0.333. The molecule has 0 amide bonds. The molecule has 0 saturated carbocycles. The number of nitrogens with one attached hydrogen (secondary N) is 1. The second-order valence-electron chi connectivity index (χ2n) is 10.5. The first-order valence-corrected chi connectivity index (χ1v) is 14.1. The number of aromatic nitrogens is 5. The molecule has 39 heavy (non-hydrogen) atoms. The first-order valence-electron chi connectivity index (χ1n) is 13.2. The highest BCUT2D eigenvalue weighted by atomic mass is 32.1. The second-order valence-corrected chi connectivity index (χ2v) is 11.6. The van der Waals surface area contributed by atoms with E-state index in [0.29, 0.717) is 31.1 Å². The summed E-state index contributed by atoms with van der Waals surface area (Å²) in [4.78, 5) is 20.4. The molecule has 0 saturated heterocycles. The minimum absolute atomic E-state index is 0.156. The van der Waals surface area contributed by atoms with Crippen LogP contribution in [0.1, 0.15) is 55.6 Å². The number of aromatic amines is 1. The highest BCUT2D eigenvalue weighted by molar-refractivity contribution is 7.09. The lowest BCUT2D eigenvalue weighted by Gasteiger charge is -2.32. The van der Waals surface area contributed by atoms with Gasteiger partial charge in [0.05, 0.1) is 12.1 Å². The smallest absolute Gasteiger partial charge is 0.253 e. The Bertz CT molecular complexity index is 1570. The van der Waals surface area contributed by atoms with Crippen LogP contribution in [0.2, 0.25) is 0 Å². The number of ether oxygens (including phenoxy) is 1. The molecule has 3 aromatic heterocycles. The standard InChI is InChI=1S/C30H34N6O2S/c1-5-38-23-13-14-26-22(18-23)19-25(29(37)31-26)27(28-32-33-34-36(28)30(2,3)4)35(20-24-12-9-17-39-24)16-15-21-10-7-6-8-11-21/h6-14,17-19,27H,5,15-16,20H2,1-4H3,(H,31,37)/t27-/m1/s1. The van der Waals surface area contributed by atoms with Gasteiger partial charge in [-0.05, 0) is 85.8 Å². The molecule has 5 rings (SSSR count). The predicted molar refractivity (Wildman–Crippen MR) is 155 cm³/mol. The van der Waals surface area contributed by atoms with Crippen LogP contribution in [-0.2, 0) is 18.5 Å². The van der Waals surface area contributed by atoms with Gasteiger partial charge in [0, 0.05) is 34.4 Å². The Kier molecular flexibility index (Phi) is 7.90. The molecule has 2 aromatic carbocycles. The maximum atomic E-state index is 13.7. The summed E-state index contributed by atoms with van der Waals surface area (Å²) in [5.41, 5.74) is 2.06. The Hall–Kier alpha value is -3.82. The SMILES string of the molecule is CCOc1ccc2[nH]c(=O)c([C@H](c3nnnn3C(C)(C)C)N(CCc3ccccc3)Cc3cccs3)cc2c1. The van der Waals surface area contributed by atoms with Gasteiger partial charge in [-0.15, -0.1) is 16.4 Å². The summed E-state index contributed by atoms with van der Waals surface area (Å²) in [5.74, 6) is 1.40. The fourth-order valence-corrected chi connectivity index (χ4v) is 5.55. The van der Waals surface area contributed by atoms with Crippen molar-refractivity contribution in [1.29, 1.82) is 0 Å². The third-order valence-corrected chi connectivity index (χ3v) is 7.52. The zero-order valence-corrected chi connectivity index (χ0v) is 23.6. The summed E-state index contributed by atoms with van der Waals surface area (Å²) in [5, 5.41) is 15.9. The quantitative estimate of drug-likeness (QED) is 0.248. The van der Waals surface area contributed by atoms with Crippen LogP contribution in [0.25, 0.3) is 10.9 Å². The lowest BCUT2D eigenvalue weighted by Crippen LogP contribution is -2.38. The number of hydrogen-bond acceptors (Lipinski definition) is 7. The summed E-state index contributed by atoms with van der Waals surface area (Å²) >= 11 is 1.70. The summed E-state index contributed by atoms with van der Waals surface area (Å²) in [6, 6.07) is 21.8. The third-order valence-electron chi connectivity index (χ3n) is 6.66. The predicted octanol–water partition coefficient (Wildman–Crippen LogP) is 5.56. The van der Waals surface area contributed by atoms with Gasteiger partial charge in [0.1, 0.15) is 11.8 Å². The molecule has 3 heterocycles. The molecular formula is C30H34N6O2S. The van der Waals surface area contributed by atoms with Crippen LogP contribution in [0.3, 0.4) is 0 Å². The molecule has 1 N–H and O–H groups in total. The molecule has 0 fully saturated rings. The number of benzene rings is 2. The molecule has 1 atom stereocenters. The van der Waals surface area contributed by atoms with Crippen LogP contribution >= 0.6 is 11.3 Å². The topological polar surface area (TPSA) is 88.9 Å². The average molecular weight is 543 g/mol. The van der Waals surface area contributed by atoms with Crippen LogP contribution in [0.5, 0.6) is 5.75 Å². The number of H-pyrrole nitrogens is 1. The molecule has 0 aliphatic rings. The van der Waals surface area contributed by atoms with Crippen LogP contribution in [0.15, 0.2) is 76.9 Å². The molecule has 0 aliphatic carbocycles. The van der Waals surface area contributed by atoms with Crippen molar-refractivity contribution >= 4 is 22.2 Å². The maximum absolute atomic E-state index is 13.7. The summed E-state index contributed by atoms with van der Waals surface area (Å²) in [6.07, 6.45) is 0.819. The van der Waals surface area contributed by atoms with Gasteiger partial charge in [0.2, 0.25) is 0 Å². The van der Waals surface area contributed by atoms with Crippen LogP contribution in [0, 0.1) is 0 Å². The van der Waals surface area contributed by atoms with Crippen molar-refractivity contribution in [2.45, 2.75) is 52.2 Å². The van der Waals surface area contributed by atoms with E-state index >= 15 is 0 Å². The number of thiophene rings is 1. The summed E-state index contributed by atoms with van der Waals surface area (Å²) < 4.78 is 7.58. The monoisotopic (exact) mass is 542 g/mol. The second kappa shape index (κ2) is 11.5. The van der Waals surface area contributed by atoms with E-state index in [4.69, 9.17) is 4.74 Å². The summed E-state index contributed by atoms with van der Waals surface area (Å²) in [6.45, 7) is 10.1. The Morgan fingerprint density at radius 1 is 1.08 bits per heavy atom. The molecule has 8 nitrogen and oxygen atoms in total. The molecular weight excluding hydrogens is 508 g/mol. The minimum atomic E-state index is -0.478. The van der Waals surface area contributed by atoms with Crippen molar-refractivity contribution in [3.63, 3.8) is 0 Å². The lowest BCUT2D eigenvalue weighted by molar-refractivity contribution is 0.196. The largest absolute Gasteiger partial charge is 0.494 e. The Morgan fingerprint density at radius 2 is 1.90 bits per heavy atom. The van der Waals surface area contributed by atoms with E-state index in [0.717, 1.165) is 23.1 Å². The lowest BCUT2D eigenvalue weighted by atomic mass is 10.0. The van der Waals surface area contributed by atoms with Gasteiger partial charge in [0.15, 0.2) is 5.82 Å². The molecule has 0 aliphatic heterocycles. The van der Waals surface area contributed by atoms with Crippen molar-refractivity contribution in [3.8, 4) is 5.75 Å². The molecule has 0 unspecified atom stereocenters. The first-order chi connectivity index (χ1) is 18.8. The molecule has 9 heteroatoms. The van der Waals surface area contributed by atoms with Crippen molar-refractivity contribution in [2.75, 3.05) is 13.2 Å². The van der Waals surface area contributed by atoms with Crippen molar-refractivity contribution in [3.05, 3.63) is 104 Å². The zero-order valence-electron chi connectivity index (χ0n) is 22.8. The van der Waals surface area contributed by atoms with Gasteiger partial charge in [0.25, 0.3) is 5.56 Å². The van der Waals surface area contributed by atoms with Gasteiger partial charge in [-0.1, -0.05) is 36.4 Å². The van der Waals surface area contributed by atoms with Crippen molar-refractivity contribution < 1.29 is 4.74 Å². The van der Waals surface area contributed by atoms with Gasteiger partial charge >= 0.3 is 0 Å². The van der Waals surface area contributed by atoms with E-state index in [1.54, 1.807) is 11.3 Å². The number of fused-ring (bicyclic) bond motifs is 1. The molecule has 202 valence electrons. The highest BCUT2D eigenvalue weighted by Gasteiger charge is 2.33. The molecule has 0 spiro atoms. The third kappa shape index (κ3) is 6.10. The van der Waals surface area contributed by atoms with E-state index in [1.807, 2.05) is 41.9 Å². The maximum Gasteiger partial charge on any atom is 0.253 e. The highest BCUT2D eigenvalue weighted by Crippen LogP contribution is 2.32. The molecule has 0 radical (unpaired) electrons. The normalized spacial score (nSPS) is 12.7. The first kappa shape index (κ1) is 26.8. The Balaban J connectivity index is 1.67. The van der Waals surface area contributed by atoms with Crippen LogP contribution in [0.4, 0.5) is 0 Å². The van der Waals surface area contributed by atoms with E-state index in [2.05, 4.69) is 88.0 Å². The van der Waals surface area contributed by atoms with E-state index in [9.17, 15) is 4.79 Å². The molecule has 5 aromatic rings. The van der Waals surface area contributed by atoms with E-state index in [1.165, 1.54) is 10.4 Å². The van der Waals surface area contributed by atoms with Crippen molar-refractivity contribution in [2.24, 2.45) is 0 Å². The Labute approximate surface area is 232 Å². The number of rotatable bonds is 10. The molecule has 0 bridgehead atoms. The number of tetrazole rings is 1. The van der Waals surface area contributed by atoms with Gasteiger partial charge < -0.3 is 9.72 Å². The van der Waals surface area contributed by atoms with Gasteiger partial charge in [-0.3, -0.25) is 9.69 Å². The van der Waals surface area contributed by atoms with E-state index < -0.39 is 6.04 Å². The summed E-state index contributed by atoms with van der Waals surface area (Å²) in [7, 11) is 0. The van der Waals surface area contributed by atoms with Crippen molar-refractivity contribution in [1.82, 2.24) is 30.1 Å². The van der Waals surface area contributed by atoms with Gasteiger partial charge in [-0.2, -0.15) is 0 Å². The number of pyridine rings is 1. The van der Waals surface area contributed by atoms with Crippen LogP contribution in [-0.4, -0.2) is 43.2 Å². The van der Waals surface area contributed by atoms with Crippen LogP contribution < -0.4 is 10.3 Å². The number of hydrogen-bond donors (Lipinski definition) is 1. The average Bonchev–Trinajstić information content (AvgIpc) is 3.61. The fourth-order valence-electron chi connectivity index (χ4n) is 4.82. The number of nitrogens with zero attached hydrogens (tertiary/aromatic N) is 5. The zero-order chi connectivity index (χ0) is 27.4.